The second-order valence-corrected chi connectivity index (χ2v) is 23.3. The maximum absolute atomic E-state index is 12.2. The Kier molecular flexibility index (Phi) is 12.3. The standard InChI is InChI=1S/C47H76O17/c1-22-30(52)37(64-39-34(56)32(54)36(24(18-48)61-39)63-38-33(55)31(53)23(50)19-58-38)35(57)40(60-22)62-29-10-11-42(4)25(43(29,5)20-49)8-12-44(6)26(42)9-13-47-27-16-41(2,3)14-15-46(27,21-59-47)28(51)17-45(44,47)7/h9,13,22-40,48-57H,8,10-12,14-21H2,1-7H3/t22-,23-,24-,25-,26-,27-,28+,29+,30+,31+,32-,33-,34-,35-,36-,37+,38+,39+,40+,42+,43+,44-,45+,46-,47+/m1/s1. The van der Waals surface area contributed by atoms with Gasteiger partial charge in [-0.3, -0.25) is 0 Å². The van der Waals surface area contributed by atoms with Crippen LogP contribution in [0.1, 0.15) is 99.8 Å². The highest BCUT2D eigenvalue weighted by molar-refractivity contribution is 5.36. The van der Waals surface area contributed by atoms with E-state index < -0.39 is 116 Å². The molecule has 1 spiro atoms. The molecule has 17 heteroatoms. The third-order valence-corrected chi connectivity index (χ3v) is 19.6. The molecule has 17 nitrogen and oxygen atoms in total. The van der Waals surface area contributed by atoms with Crippen molar-refractivity contribution in [2.45, 2.75) is 204 Å². The molecule has 10 N–H and O–H groups in total. The van der Waals surface area contributed by atoms with Gasteiger partial charge < -0.3 is 84.2 Å². The smallest absolute Gasteiger partial charge is 0.187 e. The Balaban J connectivity index is 0.918. The molecule has 9 rings (SSSR count). The number of aliphatic hydroxyl groups excluding tert-OH is 10. The summed E-state index contributed by atoms with van der Waals surface area (Å²) in [6, 6.07) is 0. The Labute approximate surface area is 376 Å². The molecule has 0 aromatic rings. The van der Waals surface area contributed by atoms with Crippen LogP contribution in [0.5, 0.6) is 0 Å². The highest BCUT2D eigenvalue weighted by atomic mass is 16.8. The van der Waals surface area contributed by atoms with Gasteiger partial charge in [0.15, 0.2) is 18.9 Å². The fourth-order valence-corrected chi connectivity index (χ4v) is 15.5. The number of allylic oxidation sites excluding steroid dienone is 1. The predicted molar refractivity (Wildman–Crippen MR) is 223 cm³/mol. The molecule has 0 amide bonds. The van der Waals surface area contributed by atoms with Crippen molar-refractivity contribution in [3.05, 3.63) is 12.2 Å². The number of hydrogen-bond donors (Lipinski definition) is 10. The predicted octanol–water partition coefficient (Wildman–Crippen LogP) is 0.240. The molecule has 4 saturated heterocycles. The molecule has 8 fully saturated rings. The highest BCUT2D eigenvalue weighted by Crippen LogP contribution is 2.79. The van der Waals surface area contributed by atoms with Crippen LogP contribution >= 0.6 is 0 Å². The summed E-state index contributed by atoms with van der Waals surface area (Å²) in [7, 11) is 0. The van der Waals surface area contributed by atoms with Crippen LogP contribution in [0, 0.1) is 50.2 Å². The minimum Gasteiger partial charge on any atom is -0.396 e. The molecule has 0 aromatic carbocycles. The maximum atomic E-state index is 12.2. The van der Waals surface area contributed by atoms with Crippen molar-refractivity contribution in [2.24, 2.45) is 50.2 Å². The lowest BCUT2D eigenvalue weighted by atomic mass is 9.32. The average Bonchev–Trinajstić information content (AvgIpc) is 3.53. The van der Waals surface area contributed by atoms with Crippen molar-refractivity contribution in [2.75, 3.05) is 26.4 Å². The van der Waals surface area contributed by atoms with Crippen molar-refractivity contribution >= 4 is 0 Å². The minimum atomic E-state index is -1.85. The molecule has 4 heterocycles. The van der Waals surface area contributed by atoms with Gasteiger partial charge in [0, 0.05) is 22.2 Å². The van der Waals surface area contributed by atoms with Crippen molar-refractivity contribution in [3.63, 3.8) is 0 Å². The van der Waals surface area contributed by atoms with Gasteiger partial charge in [0.25, 0.3) is 0 Å². The molecular weight excluding hydrogens is 837 g/mol. The van der Waals surface area contributed by atoms with Gasteiger partial charge in [-0.05, 0) is 86.4 Å². The number of aliphatic hydroxyl groups is 10. The van der Waals surface area contributed by atoms with Crippen molar-refractivity contribution in [1.29, 1.82) is 0 Å². The summed E-state index contributed by atoms with van der Waals surface area (Å²) >= 11 is 0. The topological polar surface area (TPSA) is 267 Å². The Bertz CT molecular complexity index is 1750. The zero-order valence-corrected chi connectivity index (χ0v) is 38.4. The molecule has 4 aliphatic heterocycles. The summed E-state index contributed by atoms with van der Waals surface area (Å²) in [5.41, 5.74) is -2.14. The summed E-state index contributed by atoms with van der Waals surface area (Å²) in [5, 5.41) is 110. The SMILES string of the molecule is C[C@H]1O[C@@H](O[C@H]2CC[C@@]3(C)[C@@H](CC[C@]4(C)[C@@H]3C=C[C@]35OC[C@@]6(CCC(C)(C)C[C@H]63)[C@@H](O)C[C@]54C)[C@]2(C)CO)[C@H](O)[C@@H](O[C@@H]2O[C@H](CO)[C@@H](O[C@@H]3OC[C@@H](O)[C@H](O)[C@H]3O)[C@H](O)[C@H]2O)[C@H]1O. The summed E-state index contributed by atoms with van der Waals surface area (Å²) in [6.07, 6.45) is -10.8. The fourth-order valence-electron chi connectivity index (χ4n) is 15.5. The Hall–Kier alpha value is -0.940. The Morgan fingerprint density at radius 2 is 1.36 bits per heavy atom. The van der Waals surface area contributed by atoms with E-state index >= 15 is 0 Å². The largest absolute Gasteiger partial charge is 0.396 e. The van der Waals surface area contributed by atoms with E-state index in [1.807, 2.05) is 6.92 Å². The van der Waals surface area contributed by atoms with E-state index in [1.165, 1.54) is 0 Å². The van der Waals surface area contributed by atoms with Crippen molar-refractivity contribution in [3.8, 4) is 0 Å². The summed E-state index contributed by atoms with van der Waals surface area (Å²) in [5.74, 6) is 0.344. The van der Waals surface area contributed by atoms with Gasteiger partial charge >= 0.3 is 0 Å². The zero-order valence-electron chi connectivity index (χ0n) is 38.4. The summed E-state index contributed by atoms with van der Waals surface area (Å²) in [4.78, 5) is 0. The molecule has 0 unspecified atom stereocenters. The van der Waals surface area contributed by atoms with Crippen LogP contribution in [0.15, 0.2) is 12.2 Å². The van der Waals surface area contributed by atoms with Gasteiger partial charge in [0.1, 0.15) is 61.0 Å². The van der Waals surface area contributed by atoms with Gasteiger partial charge in [-0.1, -0.05) is 53.7 Å². The van der Waals surface area contributed by atoms with Gasteiger partial charge in [-0.2, -0.15) is 0 Å². The van der Waals surface area contributed by atoms with Crippen LogP contribution in [0.3, 0.4) is 0 Å². The number of ether oxygens (including phenoxy) is 7. The zero-order chi connectivity index (χ0) is 46.3. The van der Waals surface area contributed by atoms with Gasteiger partial charge in [-0.25, -0.2) is 0 Å². The summed E-state index contributed by atoms with van der Waals surface area (Å²) < 4.78 is 42.7. The first-order chi connectivity index (χ1) is 30.0. The molecule has 0 radical (unpaired) electrons. The lowest BCUT2D eigenvalue weighted by Gasteiger charge is -2.73. The first-order valence-corrected chi connectivity index (χ1v) is 23.9. The van der Waals surface area contributed by atoms with Crippen molar-refractivity contribution in [1.82, 2.24) is 0 Å². The van der Waals surface area contributed by atoms with Gasteiger partial charge in [-0.15, -0.1) is 0 Å². The average molecular weight is 913 g/mol. The third kappa shape index (κ3) is 6.72. The number of fused-ring (bicyclic) bond motifs is 4. The van der Waals surface area contributed by atoms with Crippen LogP contribution in [0.4, 0.5) is 0 Å². The van der Waals surface area contributed by atoms with E-state index in [0.29, 0.717) is 19.4 Å². The quantitative estimate of drug-likeness (QED) is 0.116. The van der Waals surface area contributed by atoms with Gasteiger partial charge in [0.05, 0.1) is 50.3 Å². The van der Waals surface area contributed by atoms with Crippen LogP contribution in [-0.4, -0.2) is 181 Å². The number of rotatable bonds is 8. The second-order valence-electron chi connectivity index (χ2n) is 23.3. The third-order valence-electron chi connectivity index (χ3n) is 19.6. The van der Waals surface area contributed by atoms with Crippen LogP contribution < -0.4 is 0 Å². The van der Waals surface area contributed by atoms with E-state index in [1.54, 1.807) is 6.92 Å². The Morgan fingerprint density at radius 1 is 0.672 bits per heavy atom. The van der Waals surface area contributed by atoms with Crippen LogP contribution in [0.2, 0.25) is 0 Å². The van der Waals surface area contributed by atoms with E-state index in [0.717, 1.165) is 38.5 Å². The second kappa shape index (κ2) is 16.3. The van der Waals surface area contributed by atoms with Crippen LogP contribution in [0.25, 0.3) is 0 Å². The first kappa shape index (κ1) is 48.1. The monoisotopic (exact) mass is 913 g/mol. The minimum absolute atomic E-state index is 0.00283. The molecule has 4 saturated carbocycles. The van der Waals surface area contributed by atoms with E-state index in [2.05, 4.69) is 46.8 Å². The highest BCUT2D eigenvalue weighted by Gasteiger charge is 2.79. The molecule has 0 aromatic heterocycles. The van der Waals surface area contributed by atoms with E-state index in [9.17, 15) is 51.1 Å². The lowest BCUT2D eigenvalue weighted by Crippen LogP contribution is -2.72. The molecular formula is C47H76O17. The normalized spacial score (nSPS) is 59.0. The molecule has 2 bridgehead atoms. The molecule has 366 valence electrons. The molecule has 9 aliphatic rings. The van der Waals surface area contributed by atoms with Gasteiger partial charge in [0.2, 0.25) is 0 Å². The summed E-state index contributed by atoms with van der Waals surface area (Å²) in [6.45, 7) is 14.7. The Morgan fingerprint density at radius 3 is 2.06 bits per heavy atom. The lowest BCUT2D eigenvalue weighted by molar-refractivity contribution is -0.379. The van der Waals surface area contributed by atoms with E-state index in [4.69, 9.17) is 33.2 Å². The van der Waals surface area contributed by atoms with E-state index in [-0.39, 0.29) is 58.0 Å². The molecule has 64 heavy (non-hydrogen) atoms. The first-order valence-electron chi connectivity index (χ1n) is 23.9. The molecule has 5 aliphatic carbocycles. The fraction of sp³-hybridized carbons (Fsp3) is 0.957. The maximum Gasteiger partial charge on any atom is 0.187 e. The number of hydrogen-bond acceptors (Lipinski definition) is 17. The molecule has 25 atom stereocenters. The van der Waals surface area contributed by atoms with Crippen LogP contribution in [-0.2, 0) is 33.2 Å². The van der Waals surface area contributed by atoms with Crippen molar-refractivity contribution < 1.29 is 84.2 Å².